The summed E-state index contributed by atoms with van der Waals surface area (Å²) in [6, 6.07) is 5.80. The molecule has 1 aromatic carbocycles. The Morgan fingerprint density at radius 2 is 2.11 bits per heavy atom. The van der Waals surface area contributed by atoms with E-state index in [0.717, 1.165) is 28.1 Å². The second-order valence-corrected chi connectivity index (χ2v) is 5.72. The molecule has 0 aliphatic heterocycles. The third-order valence-electron chi connectivity index (χ3n) is 2.65. The van der Waals surface area contributed by atoms with Crippen LogP contribution in [0, 0.1) is 5.92 Å². The number of nitrogens with zero attached hydrogens (tertiary/aromatic N) is 3. The van der Waals surface area contributed by atoms with Crippen LogP contribution in [0.15, 0.2) is 22.7 Å². The molecule has 0 amide bonds. The van der Waals surface area contributed by atoms with Crippen LogP contribution in [0.3, 0.4) is 0 Å². The molecule has 2 aromatic rings. The summed E-state index contributed by atoms with van der Waals surface area (Å²) >= 11 is 3.40. The topological polar surface area (TPSA) is 56.7 Å². The first kappa shape index (κ1) is 13.1. The van der Waals surface area contributed by atoms with Crippen molar-refractivity contribution in [2.75, 3.05) is 5.73 Å². The molecule has 0 bridgehead atoms. The molecule has 0 aliphatic carbocycles. The van der Waals surface area contributed by atoms with Crippen LogP contribution in [0.4, 0.5) is 5.69 Å². The van der Waals surface area contributed by atoms with Crippen molar-refractivity contribution in [3.63, 3.8) is 0 Å². The van der Waals surface area contributed by atoms with E-state index in [4.69, 9.17) is 5.73 Å². The van der Waals surface area contributed by atoms with Gasteiger partial charge in [0.15, 0.2) is 11.6 Å². The SMILES string of the molecule is CC(C)Cc1nc(-c2ccc(Br)cc2N)n(C)n1. The van der Waals surface area contributed by atoms with Gasteiger partial charge in [-0.3, -0.25) is 0 Å². The first-order valence-corrected chi connectivity index (χ1v) is 6.72. The maximum atomic E-state index is 6.02. The predicted molar refractivity (Wildman–Crippen MR) is 77.1 cm³/mol. The average molecular weight is 309 g/mol. The molecular weight excluding hydrogens is 292 g/mol. The molecule has 2 rings (SSSR count). The monoisotopic (exact) mass is 308 g/mol. The minimum absolute atomic E-state index is 0.544. The molecule has 1 aromatic heterocycles. The van der Waals surface area contributed by atoms with E-state index >= 15 is 0 Å². The van der Waals surface area contributed by atoms with E-state index in [0.29, 0.717) is 11.6 Å². The molecule has 4 nitrogen and oxygen atoms in total. The Morgan fingerprint density at radius 3 is 2.72 bits per heavy atom. The quantitative estimate of drug-likeness (QED) is 0.887. The zero-order chi connectivity index (χ0) is 13.3. The van der Waals surface area contributed by atoms with E-state index < -0.39 is 0 Å². The molecule has 0 saturated carbocycles. The number of nitrogen functional groups attached to an aromatic ring is 1. The van der Waals surface area contributed by atoms with Crippen molar-refractivity contribution in [3.05, 3.63) is 28.5 Å². The second kappa shape index (κ2) is 5.10. The first-order chi connectivity index (χ1) is 8.47. The molecular formula is C13H17BrN4. The smallest absolute Gasteiger partial charge is 0.160 e. The molecule has 0 saturated heterocycles. The normalized spacial score (nSPS) is 11.2. The standard InChI is InChI=1S/C13H17BrN4/c1-8(2)6-12-16-13(18(3)17-12)10-5-4-9(14)7-11(10)15/h4-5,7-8H,6,15H2,1-3H3. The Kier molecular flexibility index (Phi) is 3.71. The van der Waals surface area contributed by atoms with E-state index in [1.54, 1.807) is 4.68 Å². The molecule has 2 N–H and O–H groups in total. The van der Waals surface area contributed by atoms with Crippen molar-refractivity contribution in [2.45, 2.75) is 20.3 Å². The lowest BCUT2D eigenvalue weighted by molar-refractivity contribution is 0.613. The summed E-state index contributed by atoms with van der Waals surface area (Å²) < 4.78 is 2.76. The molecule has 96 valence electrons. The van der Waals surface area contributed by atoms with Crippen molar-refractivity contribution in [1.29, 1.82) is 0 Å². The molecule has 5 heteroatoms. The van der Waals surface area contributed by atoms with Crippen LogP contribution in [0.5, 0.6) is 0 Å². The summed E-state index contributed by atoms with van der Waals surface area (Å²) in [7, 11) is 1.90. The van der Waals surface area contributed by atoms with Crippen LogP contribution >= 0.6 is 15.9 Å². The zero-order valence-corrected chi connectivity index (χ0v) is 12.4. The van der Waals surface area contributed by atoms with Gasteiger partial charge >= 0.3 is 0 Å². The van der Waals surface area contributed by atoms with Gasteiger partial charge in [-0.1, -0.05) is 29.8 Å². The summed E-state index contributed by atoms with van der Waals surface area (Å²) in [5.41, 5.74) is 7.65. The van der Waals surface area contributed by atoms with E-state index in [9.17, 15) is 0 Å². The number of anilines is 1. The third kappa shape index (κ3) is 2.72. The van der Waals surface area contributed by atoms with Crippen molar-refractivity contribution in [2.24, 2.45) is 13.0 Å². The van der Waals surface area contributed by atoms with Crippen LogP contribution in [-0.4, -0.2) is 14.8 Å². The third-order valence-corrected chi connectivity index (χ3v) is 3.15. The molecule has 18 heavy (non-hydrogen) atoms. The summed E-state index contributed by atoms with van der Waals surface area (Å²) in [5.74, 6) is 2.22. The molecule has 1 heterocycles. The highest BCUT2D eigenvalue weighted by Gasteiger charge is 2.13. The number of nitrogens with two attached hydrogens (primary N) is 1. The maximum Gasteiger partial charge on any atom is 0.160 e. The van der Waals surface area contributed by atoms with Gasteiger partial charge in [-0.15, -0.1) is 0 Å². The predicted octanol–water partition coefficient (Wildman–Crippen LogP) is 3.03. The van der Waals surface area contributed by atoms with Gasteiger partial charge in [-0.2, -0.15) is 5.10 Å². The van der Waals surface area contributed by atoms with Gasteiger partial charge in [0.25, 0.3) is 0 Å². The molecule has 0 fully saturated rings. The number of rotatable bonds is 3. The highest BCUT2D eigenvalue weighted by Crippen LogP contribution is 2.27. The summed E-state index contributed by atoms with van der Waals surface area (Å²) in [6.45, 7) is 4.31. The van der Waals surface area contributed by atoms with Crippen molar-refractivity contribution in [1.82, 2.24) is 14.8 Å². The zero-order valence-electron chi connectivity index (χ0n) is 10.8. The second-order valence-electron chi connectivity index (χ2n) is 4.80. The van der Waals surface area contributed by atoms with Crippen LogP contribution < -0.4 is 5.73 Å². The fourth-order valence-electron chi connectivity index (χ4n) is 1.86. The van der Waals surface area contributed by atoms with Gasteiger partial charge in [0.2, 0.25) is 0 Å². The number of benzene rings is 1. The van der Waals surface area contributed by atoms with E-state index in [-0.39, 0.29) is 0 Å². The molecule has 0 aliphatic rings. The number of halogens is 1. The van der Waals surface area contributed by atoms with Crippen molar-refractivity contribution >= 4 is 21.6 Å². The van der Waals surface area contributed by atoms with E-state index in [2.05, 4.69) is 39.9 Å². The number of hydrogen-bond acceptors (Lipinski definition) is 3. The summed E-state index contributed by atoms with van der Waals surface area (Å²) in [4.78, 5) is 4.57. The molecule has 0 unspecified atom stereocenters. The summed E-state index contributed by atoms with van der Waals surface area (Å²) in [6.07, 6.45) is 0.879. The molecule has 0 spiro atoms. The minimum Gasteiger partial charge on any atom is -0.398 e. The Labute approximate surface area is 115 Å². The largest absolute Gasteiger partial charge is 0.398 e. The molecule has 0 radical (unpaired) electrons. The fourth-order valence-corrected chi connectivity index (χ4v) is 2.24. The van der Waals surface area contributed by atoms with Crippen LogP contribution in [-0.2, 0) is 13.5 Å². The van der Waals surface area contributed by atoms with Gasteiger partial charge in [-0.05, 0) is 24.1 Å². The van der Waals surface area contributed by atoms with Gasteiger partial charge in [0.05, 0.1) is 0 Å². The first-order valence-electron chi connectivity index (χ1n) is 5.92. The van der Waals surface area contributed by atoms with E-state index in [1.807, 2.05) is 25.2 Å². The minimum atomic E-state index is 0.544. The van der Waals surface area contributed by atoms with Gasteiger partial charge in [-0.25, -0.2) is 9.67 Å². The fraction of sp³-hybridized carbons (Fsp3) is 0.385. The number of aryl methyl sites for hydroxylation is 1. The lowest BCUT2D eigenvalue weighted by Gasteiger charge is -2.04. The Bertz CT molecular complexity index is 560. The van der Waals surface area contributed by atoms with Crippen LogP contribution in [0.25, 0.3) is 11.4 Å². The van der Waals surface area contributed by atoms with Crippen molar-refractivity contribution in [3.8, 4) is 11.4 Å². The van der Waals surface area contributed by atoms with Crippen LogP contribution in [0.1, 0.15) is 19.7 Å². The highest BCUT2D eigenvalue weighted by atomic mass is 79.9. The van der Waals surface area contributed by atoms with E-state index in [1.165, 1.54) is 0 Å². The van der Waals surface area contributed by atoms with Gasteiger partial charge in [0, 0.05) is 29.2 Å². The van der Waals surface area contributed by atoms with Crippen molar-refractivity contribution < 1.29 is 0 Å². The lowest BCUT2D eigenvalue weighted by Crippen LogP contribution is -1.98. The Balaban J connectivity index is 2.41. The maximum absolute atomic E-state index is 6.02. The Morgan fingerprint density at radius 1 is 1.39 bits per heavy atom. The van der Waals surface area contributed by atoms with Gasteiger partial charge < -0.3 is 5.73 Å². The number of aromatic nitrogens is 3. The molecule has 0 atom stereocenters. The number of hydrogen-bond donors (Lipinski definition) is 1. The highest BCUT2D eigenvalue weighted by molar-refractivity contribution is 9.10. The lowest BCUT2D eigenvalue weighted by atomic mass is 10.1. The van der Waals surface area contributed by atoms with Gasteiger partial charge in [0.1, 0.15) is 0 Å². The summed E-state index contributed by atoms with van der Waals surface area (Å²) in [5, 5.41) is 4.43. The van der Waals surface area contributed by atoms with Crippen LogP contribution in [0.2, 0.25) is 0 Å². The average Bonchev–Trinajstić information content (AvgIpc) is 2.58. The Hall–Kier alpha value is -1.36.